The Morgan fingerprint density at radius 3 is 2.38 bits per heavy atom. The van der Waals surface area contributed by atoms with Crippen molar-refractivity contribution in [2.75, 3.05) is 0 Å². The summed E-state index contributed by atoms with van der Waals surface area (Å²) in [6.07, 6.45) is 2.78. The summed E-state index contributed by atoms with van der Waals surface area (Å²) in [5, 5.41) is 13.9. The lowest BCUT2D eigenvalue weighted by Gasteiger charge is -2.08. The molecule has 43 valence electrons. The lowest BCUT2D eigenvalue weighted by Crippen LogP contribution is -2.98. The van der Waals surface area contributed by atoms with Gasteiger partial charge in [0.05, 0.1) is 6.08 Å². The second kappa shape index (κ2) is 1.69. The molecule has 0 aromatic heterocycles. The summed E-state index contributed by atoms with van der Waals surface area (Å²) in [7, 11) is 0. The van der Waals surface area contributed by atoms with E-state index in [1.807, 2.05) is 0 Å². The molecule has 8 heavy (non-hydrogen) atoms. The van der Waals surface area contributed by atoms with Crippen molar-refractivity contribution in [3.63, 3.8) is 0 Å². The zero-order valence-corrected chi connectivity index (χ0v) is 4.86. The van der Waals surface area contributed by atoms with Gasteiger partial charge >= 0.3 is 0 Å². The van der Waals surface area contributed by atoms with E-state index in [4.69, 9.17) is 0 Å². The van der Waals surface area contributed by atoms with Crippen LogP contribution in [0.25, 0.3) is 0 Å². The first-order valence-electron chi connectivity index (χ1n) is 2.40. The van der Waals surface area contributed by atoms with E-state index in [-0.39, 0.29) is 5.17 Å². The van der Waals surface area contributed by atoms with Crippen molar-refractivity contribution < 1.29 is 5.17 Å². The quantitative estimate of drug-likeness (QED) is 0.419. The molecule has 1 heterocycles. The number of hydrogen-bond donors (Lipinski definition) is 1. The predicted octanol–water partition coefficient (Wildman–Crippen LogP) is -0.534. The molecule has 0 fully saturated rings. The van der Waals surface area contributed by atoms with Gasteiger partial charge in [0.1, 0.15) is 11.4 Å². The van der Waals surface area contributed by atoms with Gasteiger partial charge in [0.25, 0.3) is 0 Å². The second-order valence-corrected chi connectivity index (χ2v) is 1.75. The van der Waals surface area contributed by atoms with Crippen molar-refractivity contribution in [3.05, 3.63) is 17.0 Å². The topological polar surface area (TPSA) is 39.9 Å². The van der Waals surface area contributed by atoms with Crippen molar-refractivity contribution in [3.8, 4) is 0 Å². The standard InChI is InChI=1S/C5H7N2O/c1-4-3-5(2)7(8)6-4/h7H,1-2H3. The Balaban J connectivity index is 2.78. The molecule has 0 spiro atoms. The fourth-order valence-corrected chi connectivity index (χ4v) is 0.589. The van der Waals surface area contributed by atoms with Crippen LogP contribution in [0.15, 0.2) is 10.8 Å². The maximum atomic E-state index is 10.5. The molecular weight excluding hydrogens is 104 g/mol. The molecule has 0 aromatic carbocycles. The van der Waals surface area contributed by atoms with Gasteiger partial charge < -0.3 is 5.21 Å². The summed E-state index contributed by atoms with van der Waals surface area (Å²) in [6, 6.07) is 0. The Morgan fingerprint density at radius 1 is 1.62 bits per heavy atom. The molecule has 1 aliphatic heterocycles. The Bertz CT molecular complexity index is 160. The molecule has 1 radical (unpaired) electrons. The number of allylic oxidation sites excluding steroid dienone is 2. The molecule has 0 saturated heterocycles. The molecule has 0 amide bonds. The van der Waals surface area contributed by atoms with Crippen LogP contribution in [0.4, 0.5) is 0 Å². The van der Waals surface area contributed by atoms with Gasteiger partial charge in [-0.2, -0.15) is 0 Å². The predicted molar refractivity (Wildman–Crippen MR) is 29.9 cm³/mol. The first kappa shape index (κ1) is 5.47. The van der Waals surface area contributed by atoms with Crippen molar-refractivity contribution in [2.45, 2.75) is 13.8 Å². The van der Waals surface area contributed by atoms with Gasteiger partial charge in [0, 0.05) is 6.92 Å². The number of quaternary nitrogens is 1. The SMILES string of the molecule is CC1=[C]C(C)=N[NH+]1[O-]. The summed E-state index contributed by atoms with van der Waals surface area (Å²) in [4.78, 5) is 0. The highest BCUT2D eigenvalue weighted by Gasteiger charge is 2.07. The van der Waals surface area contributed by atoms with Crippen LogP contribution in [0.1, 0.15) is 13.8 Å². The number of rotatable bonds is 0. The van der Waals surface area contributed by atoms with Crippen molar-refractivity contribution in [1.82, 2.24) is 0 Å². The molecule has 1 atom stereocenters. The normalized spacial score (nSPS) is 27.6. The molecule has 1 aliphatic rings. The number of nitrogens with zero attached hydrogens (tertiary/aromatic N) is 1. The minimum absolute atomic E-state index is 0.150. The molecule has 3 nitrogen and oxygen atoms in total. The summed E-state index contributed by atoms with van der Waals surface area (Å²) in [6.45, 7) is 3.47. The smallest absolute Gasteiger partial charge is 0.141 e. The maximum absolute atomic E-state index is 10.5. The highest BCUT2D eigenvalue weighted by atomic mass is 16.5. The van der Waals surface area contributed by atoms with Crippen LogP contribution < -0.4 is 5.17 Å². The third-order valence-corrected chi connectivity index (χ3v) is 0.958. The molecule has 3 heteroatoms. The number of hydroxylamine groups is 1. The summed E-state index contributed by atoms with van der Waals surface area (Å²) >= 11 is 0. The minimum atomic E-state index is -0.150. The number of hydrogen-bond acceptors (Lipinski definition) is 2. The van der Waals surface area contributed by atoms with E-state index in [1.54, 1.807) is 13.8 Å². The van der Waals surface area contributed by atoms with Gasteiger partial charge in [-0.05, 0) is 6.92 Å². The first-order chi connectivity index (χ1) is 3.70. The van der Waals surface area contributed by atoms with Crippen molar-refractivity contribution >= 4 is 5.71 Å². The van der Waals surface area contributed by atoms with E-state index in [1.165, 1.54) is 0 Å². The lowest BCUT2D eigenvalue weighted by atomic mass is 10.4. The van der Waals surface area contributed by atoms with Gasteiger partial charge in [-0.3, -0.25) is 0 Å². The Hall–Kier alpha value is -0.670. The van der Waals surface area contributed by atoms with Gasteiger partial charge in [0.2, 0.25) is 0 Å². The van der Waals surface area contributed by atoms with Crippen LogP contribution in [0.5, 0.6) is 0 Å². The molecule has 1 rings (SSSR count). The Labute approximate surface area is 47.9 Å². The average molecular weight is 111 g/mol. The largest absolute Gasteiger partial charge is 0.601 e. The molecule has 1 unspecified atom stereocenters. The Morgan fingerprint density at radius 2 is 2.25 bits per heavy atom. The molecular formula is C5H7N2O. The van der Waals surface area contributed by atoms with E-state index >= 15 is 0 Å². The summed E-state index contributed by atoms with van der Waals surface area (Å²) < 4.78 is 0. The fraction of sp³-hybridized carbons (Fsp3) is 0.400. The van der Waals surface area contributed by atoms with Crippen molar-refractivity contribution in [2.24, 2.45) is 5.10 Å². The third-order valence-electron chi connectivity index (χ3n) is 0.958. The van der Waals surface area contributed by atoms with E-state index in [2.05, 4.69) is 11.2 Å². The average Bonchev–Trinajstić information content (AvgIpc) is 1.85. The van der Waals surface area contributed by atoms with Crippen LogP contribution in [0.3, 0.4) is 0 Å². The van der Waals surface area contributed by atoms with Gasteiger partial charge in [-0.25, -0.2) is 5.17 Å². The molecule has 0 aliphatic carbocycles. The van der Waals surface area contributed by atoms with Gasteiger partial charge in [0.15, 0.2) is 0 Å². The molecule has 1 N–H and O–H groups in total. The first-order valence-corrected chi connectivity index (χ1v) is 2.40. The third kappa shape index (κ3) is 0.778. The lowest BCUT2D eigenvalue weighted by molar-refractivity contribution is -0.810. The Kier molecular flexibility index (Phi) is 1.15. The summed E-state index contributed by atoms with van der Waals surface area (Å²) in [5.41, 5.74) is 1.30. The van der Waals surface area contributed by atoms with E-state index < -0.39 is 0 Å². The van der Waals surface area contributed by atoms with Crippen molar-refractivity contribution in [1.29, 1.82) is 0 Å². The second-order valence-electron chi connectivity index (χ2n) is 1.75. The number of nitrogens with one attached hydrogen (secondary N) is 1. The van der Waals surface area contributed by atoms with E-state index in [0.717, 1.165) is 0 Å². The van der Waals surface area contributed by atoms with E-state index in [9.17, 15) is 5.21 Å². The molecule has 0 bridgehead atoms. The van der Waals surface area contributed by atoms with Crippen LogP contribution in [0.2, 0.25) is 0 Å². The monoisotopic (exact) mass is 111 g/mol. The highest BCUT2D eigenvalue weighted by Crippen LogP contribution is 1.87. The molecule has 0 aromatic rings. The van der Waals surface area contributed by atoms with Crippen LogP contribution in [-0.2, 0) is 0 Å². The van der Waals surface area contributed by atoms with Crippen LogP contribution >= 0.6 is 0 Å². The van der Waals surface area contributed by atoms with Gasteiger partial charge in [-0.1, -0.05) is 5.10 Å². The maximum Gasteiger partial charge on any atom is 0.141 e. The minimum Gasteiger partial charge on any atom is -0.601 e. The van der Waals surface area contributed by atoms with Crippen LogP contribution in [0, 0.1) is 11.3 Å². The zero-order valence-electron chi connectivity index (χ0n) is 4.86. The van der Waals surface area contributed by atoms with E-state index in [0.29, 0.717) is 11.4 Å². The highest BCUT2D eigenvalue weighted by molar-refractivity contribution is 5.89. The summed E-state index contributed by atoms with van der Waals surface area (Å²) in [5.74, 6) is 0. The molecule has 0 saturated carbocycles. The zero-order chi connectivity index (χ0) is 6.15. The van der Waals surface area contributed by atoms with Gasteiger partial charge in [-0.15, -0.1) is 0 Å². The van der Waals surface area contributed by atoms with Crippen LogP contribution in [-0.4, -0.2) is 5.71 Å². The fourth-order valence-electron chi connectivity index (χ4n) is 0.589.